The van der Waals surface area contributed by atoms with E-state index in [1.54, 1.807) is 0 Å². The summed E-state index contributed by atoms with van der Waals surface area (Å²) >= 11 is 0. The molecular weight excluding hydrogens is 298 g/mol. The van der Waals surface area contributed by atoms with Gasteiger partial charge in [0.15, 0.2) is 5.60 Å². The summed E-state index contributed by atoms with van der Waals surface area (Å²) in [5.74, 6) is -5.02. The molecule has 0 radical (unpaired) electrons. The molecule has 0 saturated carbocycles. The molecule has 80 valence electrons. The van der Waals surface area contributed by atoms with Crippen molar-refractivity contribution in [1.82, 2.24) is 0 Å². The minimum absolute atomic E-state index is 0. The summed E-state index contributed by atoms with van der Waals surface area (Å²) < 4.78 is 0. The molecule has 0 aliphatic carbocycles. The van der Waals surface area contributed by atoms with Gasteiger partial charge in [-0.2, -0.15) is 0 Å². The first-order valence-electron chi connectivity index (χ1n) is 3.17. The van der Waals surface area contributed by atoms with Crippen LogP contribution >= 0.6 is 0 Å². The van der Waals surface area contributed by atoms with Crippen LogP contribution in [0.1, 0.15) is 12.8 Å². The zero-order valence-corrected chi connectivity index (χ0v) is 9.39. The maximum atomic E-state index is 10.3. The summed E-state index contributed by atoms with van der Waals surface area (Å²) in [6.45, 7) is 0. The van der Waals surface area contributed by atoms with Gasteiger partial charge in [-0.25, -0.2) is 4.79 Å². The van der Waals surface area contributed by atoms with Crippen molar-refractivity contribution >= 4 is 47.5 Å². The maximum absolute atomic E-state index is 10.3. The molecule has 0 atom stereocenters. The molecule has 0 bridgehead atoms. The molecule has 0 spiro atoms. The first kappa shape index (κ1) is 20.6. The van der Waals surface area contributed by atoms with Crippen LogP contribution in [-0.4, -0.2) is 73.5 Å². The van der Waals surface area contributed by atoms with E-state index < -0.39 is 36.4 Å². The molecule has 0 rings (SSSR count). The number of aliphatic carboxylic acids is 3. The molecule has 0 aliphatic heterocycles. The van der Waals surface area contributed by atoms with E-state index in [-0.39, 0.29) is 55.8 Å². The third-order valence-electron chi connectivity index (χ3n) is 1.29. The fourth-order valence-corrected chi connectivity index (χ4v) is 0.714. The van der Waals surface area contributed by atoms with Crippen molar-refractivity contribution in [3.8, 4) is 0 Å². The van der Waals surface area contributed by atoms with Gasteiger partial charge in [0, 0.05) is 26.2 Å². The maximum Gasteiger partial charge on any atom is 0 e. The number of carbonyl (C=O) groups is 3. The smallest absolute Gasteiger partial charge is 0 e. The van der Waals surface area contributed by atoms with Crippen molar-refractivity contribution in [2.75, 3.05) is 0 Å². The van der Waals surface area contributed by atoms with E-state index in [1.165, 1.54) is 0 Å². The normalized spacial score (nSPS) is 9.40. The zero-order valence-electron chi connectivity index (χ0n) is 6.93. The van der Waals surface area contributed by atoms with Gasteiger partial charge in [0.2, 0.25) is 0 Å². The summed E-state index contributed by atoms with van der Waals surface area (Å²) in [6, 6.07) is 0. The number of hydrogen-bond acceptors (Lipinski definition) is 4. The van der Waals surface area contributed by atoms with Gasteiger partial charge in [-0.15, -0.1) is 0 Å². The Labute approximate surface area is 126 Å². The number of rotatable bonds is 5. The molecule has 0 aliphatic rings. The summed E-state index contributed by atoms with van der Waals surface area (Å²) in [4.78, 5) is 30.5. The van der Waals surface area contributed by atoms with Crippen molar-refractivity contribution in [1.29, 1.82) is 0 Å². The van der Waals surface area contributed by atoms with Crippen molar-refractivity contribution < 1.29 is 61.0 Å². The van der Waals surface area contributed by atoms with Gasteiger partial charge in [0.1, 0.15) is 0 Å². The monoisotopic (exact) mass is 306 g/mol. The van der Waals surface area contributed by atoms with Crippen LogP contribution in [0.15, 0.2) is 0 Å². The van der Waals surface area contributed by atoms with Crippen LogP contribution in [0.3, 0.4) is 0 Å². The van der Waals surface area contributed by atoms with Gasteiger partial charge in [0.05, 0.1) is 12.8 Å². The Bertz CT molecular complexity index is 238. The van der Waals surface area contributed by atoms with E-state index in [9.17, 15) is 14.4 Å². The Kier molecular flexibility index (Phi) is 11.6. The average Bonchev–Trinajstić information content (AvgIpc) is 1.82. The quantitative estimate of drug-likeness (QED) is 0.436. The number of carboxylic acids is 3. The molecule has 9 heteroatoms. The molecule has 0 fully saturated rings. The van der Waals surface area contributed by atoms with E-state index in [1.807, 2.05) is 0 Å². The molecule has 0 amide bonds. The van der Waals surface area contributed by atoms with E-state index in [0.29, 0.717) is 0 Å². The molecule has 0 aromatic rings. The average molecular weight is 307 g/mol. The molecular formula is C6H9NaO7Zr. The first-order chi connectivity index (χ1) is 5.78. The van der Waals surface area contributed by atoms with Crippen LogP contribution in [0.2, 0.25) is 0 Å². The van der Waals surface area contributed by atoms with Gasteiger partial charge in [-0.3, -0.25) is 9.59 Å². The first-order valence-corrected chi connectivity index (χ1v) is 3.17. The summed E-state index contributed by atoms with van der Waals surface area (Å²) in [5.41, 5.74) is -2.74. The van der Waals surface area contributed by atoms with Gasteiger partial charge >= 0.3 is 47.5 Å². The second kappa shape index (κ2) is 8.41. The van der Waals surface area contributed by atoms with Gasteiger partial charge in [-0.05, 0) is 0 Å². The Morgan fingerprint density at radius 2 is 1.20 bits per heavy atom. The third kappa shape index (κ3) is 8.10. The molecule has 0 heterocycles. The van der Waals surface area contributed by atoms with E-state index in [4.69, 9.17) is 20.4 Å². The molecule has 7 nitrogen and oxygen atoms in total. The largest absolute Gasteiger partial charge is 0 e. The van der Waals surface area contributed by atoms with E-state index >= 15 is 0 Å². The predicted octanol–water partition coefficient (Wildman–Crippen LogP) is -1.90. The number of aliphatic hydroxyl groups is 1. The second-order valence-corrected chi connectivity index (χ2v) is 2.48. The molecule has 15 heavy (non-hydrogen) atoms. The Morgan fingerprint density at radius 3 is 1.33 bits per heavy atom. The Hall–Kier alpha value is 0.253. The van der Waals surface area contributed by atoms with Crippen LogP contribution in [-0.2, 0) is 40.6 Å². The van der Waals surface area contributed by atoms with Crippen molar-refractivity contribution in [2.24, 2.45) is 0 Å². The molecule has 0 aromatic heterocycles. The van der Waals surface area contributed by atoms with Gasteiger partial charge < -0.3 is 20.4 Å². The fourth-order valence-electron chi connectivity index (χ4n) is 0.714. The van der Waals surface area contributed by atoms with Crippen molar-refractivity contribution in [3.63, 3.8) is 0 Å². The SMILES string of the molecule is O=C(O)CC(O)(CC(=O)O)C(=O)O.[NaH].[Zr]. The van der Waals surface area contributed by atoms with Crippen LogP contribution in [0.25, 0.3) is 0 Å². The van der Waals surface area contributed by atoms with Crippen LogP contribution in [0, 0.1) is 0 Å². The number of hydrogen-bond donors (Lipinski definition) is 4. The van der Waals surface area contributed by atoms with Crippen molar-refractivity contribution in [2.45, 2.75) is 18.4 Å². The predicted molar refractivity (Wildman–Crippen MR) is 44.2 cm³/mol. The number of carboxylic acid groups (broad SMARTS) is 3. The standard InChI is InChI=1S/C6H8O7.Na.Zr.H/c7-3(8)1-6(13,5(11)12)2-4(9)10;;;/h13H,1-2H2,(H,7,8)(H,9,10)(H,11,12);;;. The minimum Gasteiger partial charge on any atom is 0 e. The van der Waals surface area contributed by atoms with Gasteiger partial charge in [0.25, 0.3) is 0 Å². The van der Waals surface area contributed by atoms with Crippen LogP contribution in [0.4, 0.5) is 0 Å². The molecule has 0 aromatic carbocycles. The molecule has 0 unspecified atom stereocenters. The van der Waals surface area contributed by atoms with E-state index in [2.05, 4.69) is 0 Å². The molecule has 4 N–H and O–H groups in total. The van der Waals surface area contributed by atoms with Crippen molar-refractivity contribution in [3.05, 3.63) is 0 Å². The Morgan fingerprint density at radius 1 is 0.933 bits per heavy atom. The van der Waals surface area contributed by atoms with E-state index in [0.717, 1.165) is 0 Å². The topological polar surface area (TPSA) is 132 Å². The third-order valence-corrected chi connectivity index (χ3v) is 1.29. The summed E-state index contributed by atoms with van der Waals surface area (Å²) in [5, 5.41) is 33.8. The minimum atomic E-state index is -2.74. The van der Waals surface area contributed by atoms with Crippen LogP contribution < -0.4 is 0 Å². The summed E-state index contributed by atoms with van der Waals surface area (Å²) in [7, 11) is 0. The zero-order chi connectivity index (χ0) is 10.6. The van der Waals surface area contributed by atoms with Gasteiger partial charge in [-0.1, -0.05) is 0 Å². The summed E-state index contributed by atoms with van der Waals surface area (Å²) in [6.07, 6.45) is -2.29. The van der Waals surface area contributed by atoms with Crippen LogP contribution in [0.5, 0.6) is 0 Å². The molecule has 0 saturated heterocycles. The second-order valence-electron chi connectivity index (χ2n) is 2.48. The Balaban J connectivity index is -0.000000720. The fraction of sp³-hybridized carbons (Fsp3) is 0.500.